The summed E-state index contributed by atoms with van der Waals surface area (Å²) in [5.74, 6) is -0.627. The molecular formula is C20H17N5O3S. The minimum Gasteiger partial charge on any atom is -0.326 e. The zero-order valence-electron chi connectivity index (χ0n) is 15.3. The second-order valence-electron chi connectivity index (χ2n) is 6.36. The van der Waals surface area contributed by atoms with Gasteiger partial charge >= 0.3 is 0 Å². The Kier molecular flexibility index (Phi) is 5.05. The van der Waals surface area contributed by atoms with Gasteiger partial charge in [-0.2, -0.15) is 9.61 Å². The fraction of sp³-hybridized carbons (Fsp3) is 0.100. The van der Waals surface area contributed by atoms with Crippen molar-refractivity contribution in [3.63, 3.8) is 0 Å². The molecule has 29 heavy (non-hydrogen) atoms. The maximum absolute atomic E-state index is 12.3. The third-order valence-corrected chi connectivity index (χ3v) is 6.04. The van der Waals surface area contributed by atoms with E-state index in [2.05, 4.69) is 20.6 Å². The zero-order valence-corrected chi connectivity index (χ0v) is 16.1. The Morgan fingerprint density at radius 2 is 1.83 bits per heavy atom. The Balaban J connectivity index is 1.44. The molecule has 0 unspecified atom stereocenters. The van der Waals surface area contributed by atoms with Gasteiger partial charge in [0.1, 0.15) is 6.33 Å². The molecule has 2 aromatic carbocycles. The molecule has 4 rings (SSSR count). The molecule has 0 saturated heterocycles. The molecule has 0 spiro atoms. The van der Waals surface area contributed by atoms with E-state index < -0.39 is 9.84 Å². The number of carbonyl (C=O) groups is 1. The molecule has 1 N–H and O–H groups in total. The van der Waals surface area contributed by atoms with Crippen LogP contribution < -0.4 is 5.32 Å². The second kappa shape index (κ2) is 7.80. The van der Waals surface area contributed by atoms with E-state index in [9.17, 15) is 13.2 Å². The maximum atomic E-state index is 12.3. The highest BCUT2D eigenvalue weighted by Crippen LogP contribution is 2.21. The van der Waals surface area contributed by atoms with Gasteiger partial charge in [0.05, 0.1) is 16.3 Å². The van der Waals surface area contributed by atoms with Crippen LogP contribution in [0.15, 0.2) is 78.0 Å². The first kappa shape index (κ1) is 18.8. The van der Waals surface area contributed by atoms with Gasteiger partial charge in [-0.05, 0) is 36.4 Å². The Morgan fingerprint density at radius 3 is 2.66 bits per heavy atom. The Labute approximate surface area is 167 Å². The molecule has 0 aliphatic heterocycles. The standard InChI is InChI=1S/C20H17N5O3S/c26-20(11-12-29(27,28)17-7-2-1-3-8-17)22-16-6-4-5-15(13-16)18-9-10-19-23-21-14-25(19)24-18/h1-10,13-14H,11-12H2,(H,22,26). The van der Waals surface area contributed by atoms with Crippen LogP contribution in [0.4, 0.5) is 5.69 Å². The second-order valence-corrected chi connectivity index (χ2v) is 8.47. The Bertz CT molecular complexity index is 1270. The molecule has 0 bridgehead atoms. The number of rotatable bonds is 6. The molecule has 0 aliphatic rings. The van der Waals surface area contributed by atoms with E-state index in [1.807, 2.05) is 12.1 Å². The number of hydrogen-bond donors (Lipinski definition) is 1. The first-order chi connectivity index (χ1) is 14.0. The minimum absolute atomic E-state index is 0.133. The average molecular weight is 407 g/mol. The van der Waals surface area contributed by atoms with Crippen LogP contribution in [-0.2, 0) is 14.6 Å². The van der Waals surface area contributed by atoms with Gasteiger partial charge in [-0.1, -0.05) is 30.3 Å². The lowest BCUT2D eigenvalue weighted by atomic mass is 10.1. The van der Waals surface area contributed by atoms with Crippen LogP contribution in [0.5, 0.6) is 0 Å². The van der Waals surface area contributed by atoms with Crippen LogP contribution in [0, 0.1) is 0 Å². The van der Waals surface area contributed by atoms with Crippen molar-refractivity contribution < 1.29 is 13.2 Å². The molecule has 0 radical (unpaired) electrons. The Hall–Kier alpha value is -3.59. The van der Waals surface area contributed by atoms with Gasteiger partial charge in [0.15, 0.2) is 15.5 Å². The van der Waals surface area contributed by atoms with Gasteiger partial charge in [-0.3, -0.25) is 4.79 Å². The van der Waals surface area contributed by atoms with Crippen LogP contribution in [-0.4, -0.2) is 39.9 Å². The lowest BCUT2D eigenvalue weighted by Crippen LogP contribution is -2.17. The average Bonchev–Trinajstić information content (AvgIpc) is 3.21. The fourth-order valence-electron chi connectivity index (χ4n) is 2.83. The number of fused-ring (bicyclic) bond motifs is 1. The van der Waals surface area contributed by atoms with Gasteiger partial charge in [0.25, 0.3) is 0 Å². The molecule has 0 atom stereocenters. The first-order valence-corrected chi connectivity index (χ1v) is 10.5. The van der Waals surface area contributed by atoms with Crippen molar-refractivity contribution >= 4 is 27.1 Å². The summed E-state index contributed by atoms with van der Waals surface area (Å²) in [6, 6.07) is 18.9. The number of benzene rings is 2. The summed E-state index contributed by atoms with van der Waals surface area (Å²) in [5, 5.41) is 14.9. The molecule has 9 heteroatoms. The molecular weight excluding hydrogens is 390 g/mol. The minimum atomic E-state index is -3.50. The predicted octanol–water partition coefficient (Wildman–Crippen LogP) is 2.59. The van der Waals surface area contributed by atoms with Crippen molar-refractivity contribution in [1.82, 2.24) is 19.8 Å². The fourth-order valence-corrected chi connectivity index (χ4v) is 4.10. The monoisotopic (exact) mass is 407 g/mol. The molecule has 0 saturated carbocycles. The number of hydrogen-bond acceptors (Lipinski definition) is 6. The van der Waals surface area contributed by atoms with Gasteiger partial charge in [0, 0.05) is 17.7 Å². The van der Waals surface area contributed by atoms with E-state index in [-0.39, 0.29) is 23.0 Å². The summed E-state index contributed by atoms with van der Waals surface area (Å²) in [5.41, 5.74) is 2.70. The lowest BCUT2D eigenvalue weighted by Gasteiger charge is -2.08. The summed E-state index contributed by atoms with van der Waals surface area (Å²) in [4.78, 5) is 12.5. The molecule has 8 nitrogen and oxygen atoms in total. The highest BCUT2D eigenvalue weighted by molar-refractivity contribution is 7.91. The summed E-state index contributed by atoms with van der Waals surface area (Å²) in [6.07, 6.45) is 1.38. The third kappa shape index (κ3) is 4.30. The molecule has 2 aromatic heterocycles. The van der Waals surface area contributed by atoms with Gasteiger partial charge in [-0.15, -0.1) is 10.2 Å². The highest BCUT2D eigenvalue weighted by atomic mass is 32.2. The van der Waals surface area contributed by atoms with E-state index in [0.717, 1.165) is 5.56 Å². The van der Waals surface area contributed by atoms with Crippen LogP contribution in [0.2, 0.25) is 0 Å². The highest BCUT2D eigenvalue weighted by Gasteiger charge is 2.16. The molecule has 146 valence electrons. The first-order valence-electron chi connectivity index (χ1n) is 8.86. The quantitative estimate of drug-likeness (QED) is 0.527. The van der Waals surface area contributed by atoms with Crippen LogP contribution in [0.25, 0.3) is 16.9 Å². The van der Waals surface area contributed by atoms with Gasteiger partial charge in [0.2, 0.25) is 5.91 Å². The summed E-state index contributed by atoms with van der Waals surface area (Å²) >= 11 is 0. The summed E-state index contributed by atoms with van der Waals surface area (Å²) in [6.45, 7) is 0. The molecule has 4 aromatic rings. The van der Waals surface area contributed by atoms with Crippen molar-refractivity contribution in [2.45, 2.75) is 11.3 Å². The molecule has 0 fully saturated rings. The van der Waals surface area contributed by atoms with Gasteiger partial charge < -0.3 is 5.32 Å². The van der Waals surface area contributed by atoms with Crippen LogP contribution in [0.1, 0.15) is 6.42 Å². The summed E-state index contributed by atoms with van der Waals surface area (Å²) in [7, 11) is -3.50. The Morgan fingerprint density at radius 1 is 1.00 bits per heavy atom. The van der Waals surface area contributed by atoms with Crippen molar-refractivity contribution in [3.8, 4) is 11.3 Å². The van der Waals surface area contributed by atoms with Crippen molar-refractivity contribution in [3.05, 3.63) is 73.1 Å². The lowest BCUT2D eigenvalue weighted by molar-refractivity contribution is -0.115. The largest absolute Gasteiger partial charge is 0.326 e. The van der Waals surface area contributed by atoms with Crippen molar-refractivity contribution in [1.29, 1.82) is 0 Å². The van der Waals surface area contributed by atoms with Crippen LogP contribution in [0.3, 0.4) is 0 Å². The molecule has 0 aliphatic carbocycles. The van der Waals surface area contributed by atoms with E-state index in [1.54, 1.807) is 47.0 Å². The van der Waals surface area contributed by atoms with E-state index in [4.69, 9.17) is 0 Å². The van der Waals surface area contributed by atoms with Crippen molar-refractivity contribution in [2.24, 2.45) is 0 Å². The summed E-state index contributed by atoms with van der Waals surface area (Å²) < 4.78 is 26.2. The normalized spacial score (nSPS) is 11.4. The molecule has 1 amide bonds. The number of nitrogens with zero attached hydrogens (tertiary/aromatic N) is 4. The number of sulfone groups is 1. The third-order valence-electron chi connectivity index (χ3n) is 4.30. The number of carbonyl (C=O) groups excluding carboxylic acids is 1. The van der Waals surface area contributed by atoms with E-state index >= 15 is 0 Å². The number of aromatic nitrogens is 4. The number of anilines is 1. The SMILES string of the molecule is O=C(CCS(=O)(=O)c1ccccc1)Nc1cccc(-c2ccc3nncn3n2)c1. The van der Waals surface area contributed by atoms with E-state index in [0.29, 0.717) is 17.0 Å². The smallest absolute Gasteiger partial charge is 0.225 e. The van der Waals surface area contributed by atoms with Crippen LogP contribution >= 0.6 is 0 Å². The topological polar surface area (TPSA) is 106 Å². The number of amides is 1. The zero-order chi connectivity index (χ0) is 20.3. The van der Waals surface area contributed by atoms with Gasteiger partial charge in [-0.25, -0.2) is 8.42 Å². The number of nitrogens with one attached hydrogen (secondary N) is 1. The predicted molar refractivity (Wildman–Crippen MR) is 108 cm³/mol. The molecule has 2 heterocycles. The maximum Gasteiger partial charge on any atom is 0.225 e. The van der Waals surface area contributed by atoms with E-state index in [1.165, 1.54) is 18.5 Å². The van der Waals surface area contributed by atoms with Crippen molar-refractivity contribution in [2.75, 3.05) is 11.1 Å².